The molecule has 56 valence electrons. The van der Waals surface area contributed by atoms with Gasteiger partial charge in [0.1, 0.15) is 0 Å². The van der Waals surface area contributed by atoms with Gasteiger partial charge in [-0.3, -0.25) is 0 Å². The van der Waals surface area contributed by atoms with E-state index in [9.17, 15) is 0 Å². The Bertz CT molecular complexity index is 44.3. The van der Waals surface area contributed by atoms with Crippen LogP contribution in [-0.4, -0.2) is 37.2 Å². The molecule has 0 fully saturated rings. The zero-order valence-electron chi connectivity index (χ0n) is 6.35. The summed E-state index contributed by atoms with van der Waals surface area (Å²) in [7, 11) is 2.99. The highest BCUT2D eigenvalue weighted by atomic mass is 28.1. The summed E-state index contributed by atoms with van der Waals surface area (Å²) in [5.74, 6) is 0. The Morgan fingerprint density at radius 2 is 2.00 bits per heavy atom. The molecule has 0 aliphatic carbocycles. The fourth-order valence-electron chi connectivity index (χ4n) is 0.491. The van der Waals surface area contributed by atoms with Crippen LogP contribution in [0.15, 0.2) is 0 Å². The molecular formula is C6H16O2Si. The highest BCUT2D eigenvalue weighted by molar-refractivity contribution is 6.08. The summed E-state index contributed by atoms with van der Waals surface area (Å²) in [5, 5.41) is 0. The first-order chi connectivity index (χ1) is 4.41. The van der Waals surface area contributed by atoms with Gasteiger partial charge in [-0.2, -0.15) is 0 Å². The zero-order chi connectivity index (χ0) is 6.95. The Morgan fingerprint density at radius 1 is 1.22 bits per heavy atom. The predicted octanol–water partition coefficient (Wildman–Crippen LogP) is -0.177. The van der Waals surface area contributed by atoms with Crippen molar-refractivity contribution in [3.05, 3.63) is 0 Å². The van der Waals surface area contributed by atoms with Crippen molar-refractivity contribution in [2.24, 2.45) is 0 Å². The molecule has 0 aromatic heterocycles. The third-order valence-corrected chi connectivity index (χ3v) is 1.78. The van der Waals surface area contributed by atoms with E-state index >= 15 is 0 Å². The standard InChI is InChI=1S/C6H16O2Si/c1-7-4-5-8-3-2-6-9/h2-6H2,1,9H3. The summed E-state index contributed by atoms with van der Waals surface area (Å²) in [6.45, 7) is 2.38. The third-order valence-electron chi connectivity index (χ3n) is 1.07. The van der Waals surface area contributed by atoms with E-state index in [2.05, 4.69) is 0 Å². The number of ether oxygens (including phenoxy) is 2. The van der Waals surface area contributed by atoms with Crippen molar-refractivity contribution in [3.63, 3.8) is 0 Å². The minimum Gasteiger partial charge on any atom is -0.382 e. The van der Waals surface area contributed by atoms with Gasteiger partial charge in [-0.25, -0.2) is 0 Å². The van der Waals surface area contributed by atoms with Crippen LogP contribution in [0.5, 0.6) is 0 Å². The van der Waals surface area contributed by atoms with Crippen molar-refractivity contribution >= 4 is 10.2 Å². The maximum atomic E-state index is 5.21. The van der Waals surface area contributed by atoms with Crippen LogP contribution in [0.25, 0.3) is 0 Å². The Balaban J connectivity index is 2.60. The van der Waals surface area contributed by atoms with E-state index in [-0.39, 0.29) is 0 Å². The summed E-state index contributed by atoms with van der Waals surface area (Å²) in [6.07, 6.45) is 1.22. The van der Waals surface area contributed by atoms with Crippen LogP contribution < -0.4 is 0 Å². The lowest BCUT2D eigenvalue weighted by atomic mass is 10.5. The maximum absolute atomic E-state index is 5.21. The number of rotatable bonds is 6. The van der Waals surface area contributed by atoms with Crippen molar-refractivity contribution in [2.45, 2.75) is 12.5 Å². The Kier molecular flexibility index (Phi) is 8.26. The van der Waals surface area contributed by atoms with Gasteiger partial charge < -0.3 is 9.47 Å². The lowest BCUT2D eigenvalue weighted by Crippen LogP contribution is -2.02. The topological polar surface area (TPSA) is 18.5 Å². The molecule has 0 unspecified atom stereocenters. The lowest BCUT2D eigenvalue weighted by molar-refractivity contribution is 0.0710. The molecule has 0 heterocycles. The summed E-state index contributed by atoms with van der Waals surface area (Å²) < 4.78 is 10.0. The first-order valence-electron chi connectivity index (χ1n) is 3.48. The molecule has 0 saturated carbocycles. The minimum atomic E-state index is 0.723. The molecule has 0 atom stereocenters. The van der Waals surface area contributed by atoms with Crippen LogP contribution in [0.4, 0.5) is 0 Å². The van der Waals surface area contributed by atoms with Gasteiger partial charge in [-0.1, -0.05) is 6.04 Å². The average molecular weight is 148 g/mol. The van der Waals surface area contributed by atoms with E-state index in [1.54, 1.807) is 7.11 Å². The van der Waals surface area contributed by atoms with Gasteiger partial charge in [0, 0.05) is 24.0 Å². The monoisotopic (exact) mass is 148 g/mol. The third kappa shape index (κ3) is 8.14. The van der Waals surface area contributed by atoms with E-state index < -0.39 is 0 Å². The van der Waals surface area contributed by atoms with Crippen LogP contribution in [0.3, 0.4) is 0 Å². The SMILES string of the molecule is COCCOCCC[SiH3]. The van der Waals surface area contributed by atoms with Gasteiger partial charge >= 0.3 is 0 Å². The Morgan fingerprint density at radius 3 is 2.56 bits per heavy atom. The predicted molar refractivity (Wildman–Crippen MR) is 42.1 cm³/mol. The molecule has 9 heavy (non-hydrogen) atoms. The first-order valence-corrected chi connectivity index (χ1v) is 4.90. The maximum Gasteiger partial charge on any atom is 0.0700 e. The Labute approximate surface area is 60.0 Å². The average Bonchev–Trinajstić information content (AvgIpc) is 1.89. The number of methoxy groups -OCH3 is 1. The van der Waals surface area contributed by atoms with Gasteiger partial charge in [0.2, 0.25) is 0 Å². The highest BCUT2D eigenvalue weighted by Crippen LogP contribution is 1.85. The largest absolute Gasteiger partial charge is 0.382 e. The van der Waals surface area contributed by atoms with Gasteiger partial charge in [0.25, 0.3) is 0 Å². The smallest absolute Gasteiger partial charge is 0.0700 e. The second-order valence-corrected chi connectivity index (χ2v) is 2.96. The van der Waals surface area contributed by atoms with E-state index in [4.69, 9.17) is 9.47 Å². The van der Waals surface area contributed by atoms with E-state index in [1.807, 2.05) is 0 Å². The van der Waals surface area contributed by atoms with Gasteiger partial charge in [-0.05, 0) is 6.42 Å². The number of hydrogen-bond acceptors (Lipinski definition) is 2. The molecular weight excluding hydrogens is 132 g/mol. The van der Waals surface area contributed by atoms with Crippen molar-refractivity contribution in [1.29, 1.82) is 0 Å². The van der Waals surface area contributed by atoms with Crippen LogP contribution >= 0.6 is 0 Å². The molecule has 0 saturated heterocycles. The molecule has 0 amide bonds. The van der Waals surface area contributed by atoms with Gasteiger partial charge in [-0.15, -0.1) is 0 Å². The molecule has 0 aromatic carbocycles. The zero-order valence-corrected chi connectivity index (χ0v) is 8.35. The molecule has 0 aliphatic rings. The summed E-state index contributed by atoms with van der Waals surface area (Å²) in [6, 6.07) is 1.34. The molecule has 3 heteroatoms. The second-order valence-electron chi connectivity index (χ2n) is 1.96. The van der Waals surface area contributed by atoms with Gasteiger partial charge in [0.05, 0.1) is 13.2 Å². The van der Waals surface area contributed by atoms with Gasteiger partial charge in [0.15, 0.2) is 0 Å². The lowest BCUT2D eigenvalue weighted by Gasteiger charge is -2.00. The molecule has 0 bridgehead atoms. The highest BCUT2D eigenvalue weighted by Gasteiger charge is 1.84. The fraction of sp³-hybridized carbons (Fsp3) is 1.00. The van der Waals surface area contributed by atoms with Crippen LogP contribution in [0, 0.1) is 0 Å². The fourth-order valence-corrected chi connectivity index (χ4v) is 0.779. The van der Waals surface area contributed by atoms with Crippen LogP contribution in [0.2, 0.25) is 6.04 Å². The molecule has 0 aromatic rings. The second kappa shape index (κ2) is 8.14. The van der Waals surface area contributed by atoms with E-state index in [0.717, 1.165) is 19.8 Å². The van der Waals surface area contributed by atoms with Crippen LogP contribution in [-0.2, 0) is 9.47 Å². The van der Waals surface area contributed by atoms with Crippen LogP contribution in [0.1, 0.15) is 6.42 Å². The minimum absolute atomic E-state index is 0.723. The van der Waals surface area contributed by atoms with E-state index in [0.29, 0.717) is 0 Å². The van der Waals surface area contributed by atoms with Crippen molar-refractivity contribution in [3.8, 4) is 0 Å². The normalized spacial score (nSPS) is 10.3. The summed E-state index contributed by atoms with van der Waals surface area (Å²) >= 11 is 0. The summed E-state index contributed by atoms with van der Waals surface area (Å²) in [5.41, 5.74) is 0. The quantitative estimate of drug-likeness (QED) is 0.384. The molecule has 0 rings (SSSR count). The molecule has 0 aliphatic heterocycles. The molecule has 0 N–H and O–H groups in total. The Hall–Kier alpha value is 0.137. The van der Waals surface area contributed by atoms with Crippen molar-refractivity contribution < 1.29 is 9.47 Å². The van der Waals surface area contributed by atoms with Crippen molar-refractivity contribution in [1.82, 2.24) is 0 Å². The molecule has 2 nitrogen and oxygen atoms in total. The molecule has 0 radical (unpaired) electrons. The van der Waals surface area contributed by atoms with E-state index in [1.165, 1.54) is 22.7 Å². The number of hydrogen-bond donors (Lipinski definition) is 0. The van der Waals surface area contributed by atoms with Crippen molar-refractivity contribution in [2.75, 3.05) is 26.9 Å². The molecule has 0 spiro atoms. The summed E-state index contributed by atoms with van der Waals surface area (Å²) in [4.78, 5) is 0. The first kappa shape index (κ1) is 9.14.